The van der Waals surface area contributed by atoms with Crippen LogP contribution in [0.4, 0.5) is 5.69 Å². The van der Waals surface area contributed by atoms with Gasteiger partial charge in [0.1, 0.15) is 0 Å². The molecule has 20 heavy (non-hydrogen) atoms. The SMILES string of the molecule is Cc1cc(C(=O)N2C(C)CCCC2C)ccc1N(C)C. The van der Waals surface area contributed by atoms with Crippen molar-refractivity contribution in [1.82, 2.24) is 4.90 Å². The second kappa shape index (κ2) is 5.86. The molecule has 1 aromatic carbocycles. The fourth-order valence-corrected chi connectivity index (χ4v) is 3.26. The number of carbonyl (C=O) groups excluding carboxylic acids is 1. The van der Waals surface area contributed by atoms with Gasteiger partial charge in [0.15, 0.2) is 0 Å². The van der Waals surface area contributed by atoms with E-state index in [1.807, 2.05) is 32.3 Å². The Balaban J connectivity index is 2.26. The van der Waals surface area contributed by atoms with Crippen LogP contribution in [-0.4, -0.2) is 37.0 Å². The summed E-state index contributed by atoms with van der Waals surface area (Å²) in [4.78, 5) is 16.9. The summed E-state index contributed by atoms with van der Waals surface area (Å²) in [6.45, 7) is 6.39. The van der Waals surface area contributed by atoms with E-state index >= 15 is 0 Å². The van der Waals surface area contributed by atoms with Gasteiger partial charge in [0, 0.05) is 37.4 Å². The lowest BCUT2D eigenvalue weighted by Crippen LogP contribution is -2.47. The Morgan fingerprint density at radius 1 is 1.20 bits per heavy atom. The second-order valence-electron chi connectivity index (χ2n) is 6.24. The third-order valence-electron chi connectivity index (χ3n) is 4.35. The van der Waals surface area contributed by atoms with Crippen LogP contribution in [0.3, 0.4) is 0 Å². The molecule has 1 fully saturated rings. The number of benzene rings is 1. The van der Waals surface area contributed by atoms with Crippen LogP contribution in [0.5, 0.6) is 0 Å². The normalized spacial score (nSPS) is 22.8. The molecule has 0 saturated carbocycles. The molecule has 3 heteroatoms. The lowest BCUT2D eigenvalue weighted by atomic mass is 9.96. The minimum atomic E-state index is 0.179. The number of aryl methyl sites for hydroxylation is 1. The van der Waals surface area contributed by atoms with Crippen molar-refractivity contribution in [3.8, 4) is 0 Å². The maximum absolute atomic E-state index is 12.8. The smallest absolute Gasteiger partial charge is 0.254 e. The molecule has 0 radical (unpaired) electrons. The predicted octanol–water partition coefficient (Wildman–Crippen LogP) is 3.46. The van der Waals surface area contributed by atoms with Crippen LogP contribution in [0.15, 0.2) is 18.2 Å². The van der Waals surface area contributed by atoms with Crippen molar-refractivity contribution < 1.29 is 4.79 Å². The lowest BCUT2D eigenvalue weighted by molar-refractivity contribution is 0.0510. The summed E-state index contributed by atoms with van der Waals surface area (Å²) < 4.78 is 0. The minimum absolute atomic E-state index is 0.179. The van der Waals surface area contributed by atoms with Crippen LogP contribution in [0.1, 0.15) is 49.0 Å². The Bertz CT molecular complexity index is 486. The van der Waals surface area contributed by atoms with Crippen molar-refractivity contribution in [2.45, 2.75) is 52.1 Å². The number of likely N-dealkylation sites (tertiary alicyclic amines) is 1. The number of rotatable bonds is 2. The van der Waals surface area contributed by atoms with Gasteiger partial charge in [0.2, 0.25) is 0 Å². The van der Waals surface area contributed by atoms with E-state index < -0.39 is 0 Å². The van der Waals surface area contributed by atoms with Gasteiger partial charge in [0.05, 0.1) is 0 Å². The summed E-state index contributed by atoms with van der Waals surface area (Å²) >= 11 is 0. The monoisotopic (exact) mass is 274 g/mol. The predicted molar refractivity (Wildman–Crippen MR) is 84.5 cm³/mol. The molecule has 2 unspecified atom stereocenters. The minimum Gasteiger partial charge on any atom is -0.377 e. The molecule has 1 heterocycles. The molecule has 2 atom stereocenters. The van der Waals surface area contributed by atoms with Gasteiger partial charge >= 0.3 is 0 Å². The molecule has 0 bridgehead atoms. The number of carbonyl (C=O) groups is 1. The van der Waals surface area contributed by atoms with Crippen molar-refractivity contribution in [2.75, 3.05) is 19.0 Å². The Kier molecular flexibility index (Phi) is 4.36. The first-order valence-electron chi connectivity index (χ1n) is 7.52. The van der Waals surface area contributed by atoms with Gasteiger partial charge in [-0.15, -0.1) is 0 Å². The summed E-state index contributed by atoms with van der Waals surface area (Å²) in [5, 5.41) is 0. The summed E-state index contributed by atoms with van der Waals surface area (Å²) in [7, 11) is 4.05. The van der Waals surface area contributed by atoms with E-state index in [-0.39, 0.29) is 5.91 Å². The molecular weight excluding hydrogens is 248 g/mol. The molecule has 2 rings (SSSR count). The van der Waals surface area contributed by atoms with Crippen LogP contribution in [0.2, 0.25) is 0 Å². The number of nitrogens with zero attached hydrogens (tertiary/aromatic N) is 2. The van der Waals surface area contributed by atoms with Gasteiger partial charge in [-0.25, -0.2) is 0 Å². The van der Waals surface area contributed by atoms with E-state index in [0.717, 1.165) is 24.0 Å². The van der Waals surface area contributed by atoms with E-state index in [0.29, 0.717) is 12.1 Å². The zero-order chi connectivity index (χ0) is 14.9. The largest absolute Gasteiger partial charge is 0.377 e. The molecule has 0 spiro atoms. The van der Waals surface area contributed by atoms with Crippen molar-refractivity contribution in [2.24, 2.45) is 0 Å². The maximum Gasteiger partial charge on any atom is 0.254 e. The van der Waals surface area contributed by atoms with E-state index in [2.05, 4.69) is 30.6 Å². The fraction of sp³-hybridized carbons (Fsp3) is 0.588. The Labute approximate surface area is 122 Å². The molecule has 1 amide bonds. The molecule has 3 nitrogen and oxygen atoms in total. The van der Waals surface area contributed by atoms with Crippen LogP contribution in [0.25, 0.3) is 0 Å². The Morgan fingerprint density at radius 3 is 2.30 bits per heavy atom. The average Bonchev–Trinajstić information content (AvgIpc) is 2.37. The Hall–Kier alpha value is -1.51. The first-order chi connectivity index (χ1) is 9.41. The van der Waals surface area contributed by atoms with E-state index in [1.54, 1.807) is 0 Å². The van der Waals surface area contributed by atoms with Gasteiger partial charge in [-0.2, -0.15) is 0 Å². The van der Waals surface area contributed by atoms with Crippen LogP contribution < -0.4 is 4.90 Å². The first kappa shape index (κ1) is 14.9. The van der Waals surface area contributed by atoms with E-state index in [1.165, 1.54) is 12.1 Å². The van der Waals surface area contributed by atoms with Crippen LogP contribution >= 0.6 is 0 Å². The Morgan fingerprint density at radius 2 is 1.80 bits per heavy atom. The molecule has 0 aliphatic carbocycles. The second-order valence-corrected chi connectivity index (χ2v) is 6.24. The zero-order valence-electron chi connectivity index (χ0n) is 13.3. The first-order valence-corrected chi connectivity index (χ1v) is 7.52. The van der Waals surface area contributed by atoms with Gasteiger partial charge in [-0.3, -0.25) is 4.79 Å². The van der Waals surface area contributed by atoms with Crippen molar-refractivity contribution in [1.29, 1.82) is 0 Å². The summed E-state index contributed by atoms with van der Waals surface area (Å²) in [5.74, 6) is 0.179. The average molecular weight is 274 g/mol. The highest BCUT2D eigenvalue weighted by molar-refractivity contribution is 5.95. The zero-order valence-corrected chi connectivity index (χ0v) is 13.3. The maximum atomic E-state index is 12.8. The van der Waals surface area contributed by atoms with Crippen molar-refractivity contribution >= 4 is 11.6 Å². The number of anilines is 1. The molecule has 1 aliphatic heterocycles. The molecule has 110 valence electrons. The number of hydrogen-bond donors (Lipinski definition) is 0. The summed E-state index contributed by atoms with van der Waals surface area (Å²) in [6, 6.07) is 6.71. The highest BCUT2D eigenvalue weighted by atomic mass is 16.2. The fourth-order valence-electron chi connectivity index (χ4n) is 3.26. The third-order valence-corrected chi connectivity index (χ3v) is 4.35. The van der Waals surface area contributed by atoms with Gasteiger partial charge in [-0.1, -0.05) is 0 Å². The molecule has 0 aromatic heterocycles. The quantitative estimate of drug-likeness (QED) is 0.824. The highest BCUT2D eigenvalue weighted by Crippen LogP contribution is 2.26. The summed E-state index contributed by atoms with van der Waals surface area (Å²) in [5.41, 5.74) is 3.13. The van der Waals surface area contributed by atoms with Crippen LogP contribution in [0, 0.1) is 6.92 Å². The molecule has 1 aromatic rings. The lowest BCUT2D eigenvalue weighted by Gasteiger charge is -2.39. The van der Waals surface area contributed by atoms with Gasteiger partial charge in [-0.05, 0) is 63.8 Å². The van der Waals surface area contributed by atoms with Crippen molar-refractivity contribution in [3.63, 3.8) is 0 Å². The highest BCUT2D eigenvalue weighted by Gasteiger charge is 2.29. The van der Waals surface area contributed by atoms with Crippen molar-refractivity contribution in [3.05, 3.63) is 29.3 Å². The number of hydrogen-bond acceptors (Lipinski definition) is 2. The molecule has 1 saturated heterocycles. The van der Waals surface area contributed by atoms with Crippen LogP contribution in [-0.2, 0) is 0 Å². The van der Waals surface area contributed by atoms with Gasteiger partial charge < -0.3 is 9.80 Å². The van der Waals surface area contributed by atoms with Gasteiger partial charge in [0.25, 0.3) is 5.91 Å². The standard InChI is InChI=1S/C17H26N2O/c1-12-11-15(9-10-16(12)18(4)5)17(20)19-13(2)7-6-8-14(19)3/h9-11,13-14H,6-8H2,1-5H3. The molecular formula is C17H26N2O. The van der Waals surface area contributed by atoms with E-state index in [4.69, 9.17) is 0 Å². The molecule has 1 aliphatic rings. The number of amides is 1. The van der Waals surface area contributed by atoms with E-state index in [9.17, 15) is 4.79 Å². The summed E-state index contributed by atoms with van der Waals surface area (Å²) in [6.07, 6.45) is 3.46. The topological polar surface area (TPSA) is 23.6 Å². The third kappa shape index (κ3) is 2.82. The molecule has 0 N–H and O–H groups in total. The number of piperidine rings is 1.